The highest BCUT2D eigenvalue weighted by molar-refractivity contribution is 7.85. The fourth-order valence-electron chi connectivity index (χ4n) is 4.13. The summed E-state index contributed by atoms with van der Waals surface area (Å²) in [5.41, 5.74) is 1.16. The Morgan fingerprint density at radius 1 is 0.525 bits per heavy atom. The van der Waals surface area contributed by atoms with Gasteiger partial charge in [0.05, 0.1) is 7.11 Å². The van der Waals surface area contributed by atoms with E-state index in [1.54, 1.807) is 36.4 Å². The number of carbonyl (C=O) groups is 1. The van der Waals surface area contributed by atoms with Crippen LogP contribution in [0.1, 0.15) is 5.56 Å². The van der Waals surface area contributed by atoms with Crippen LogP contribution in [0.15, 0.2) is 127 Å². The maximum absolute atomic E-state index is 14.8. The molecule has 5 aromatic rings. The van der Waals surface area contributed by atoms with Crippen molar-refractivity contribution in [3.63, 3.8) is 0 Å². The van der Waals surface area contributed by atoms with E-state index in [0.29, 0.717) is 33.6 Å². The molecule has 1 unspecified atom stereocenters. The molecule has 200 valence electrons. The second-order valence-corrected chi connectivity index (χ2v) is 11.7. The maximum atomic E-state index is 14.8. The molecule has 0 aliphatic rings. The number of benzene rings is 5. The lowest BCUT2D eigenvalue weighted by Crippen LogP contribution is -2.24. The van der Waals surface area contributed by atoms with Crippen LogP contribution < -0.4 is 30.1 Å². The van der Waals surface area contributed by atoms with Crippen LogP contribution in [0.2, 0.25) is 0 Å². The van der Waals surface area contributed by atoms with Gasteiger partial charge < -0.3 is 23.5 Å². The van der Waals surface area contributed by atoms with Crippen molar-refractivity contribution in [3.05, 3.63) is 133 Å². The number of aryl methyl sites for hydroxylation is 1. The highest BCUT2D eigenvalue weighted by Gasteiger charge is 2.29. The summed E-state index contributed by atoms with van der Waals surface area (Å²) in [6.07, 6.45) is -0.791. The van der Waals surface area contributed by atoms with Gasteiger partial charge in [-0.25, -0.2) is 4.79 Å². The van der Waals surface area contributed by atoms with E-state index >= 15 is 0 Å². The Balaban J connectivity index is 1.39. The summed E-state index contributed by atoms with van der Waals surface area (Å²) in [5, 5.41) is 2.11. The summed E-state index contributed by atoms with van der Waals surface area (Å²) in [4.78, 5) is 11.3. The van der Waals surface area contributed by atoms with E-state index in [-0.39, 0.29) is 0 Å². The van der Waals surface area contributed by atoms with Crippen LogP contribution in [-0.2, 0) is 9.30 Å². The van der Waals surface area contributed by atoms with Gasteiger partial charge in [-0.15, -0.1) is 0 Å². The summed E-state index contributed by atoms with van der Waals surface area (Å²) < 4.78 is 36.2. The number of hydrogen-bond donors (Lipinski definition) is 0. The Labute approximate surface area is 233 Å². The Morgan fingerprint density at radius 2 is 0.900 bits per heavy atom. The second kappa shape index (κ2) is 11.9. The van der Waals surface area contributed by atoms with Crippen molar-refractivity contribution in [1.82, 2.24) is 0 Å². The van der Waals surface area contributed by atoms with Crippen LogP contribution in [-0.4, -0.2) is 13.3 Å². The predicted molar refractivity (Wildman–Crippen MR) is 157 cm³/mol. The van der Waals surface area contributed by atoms with E-state index in [0.717, 1.165) is 16.6 Å². The molecule has 0 amide bonds. The minimum absolute atomic E-state index is 0.341. The lowest BCUT2D eigenvalue weighted by atomic mass is 10.2. The van der Waals surface area contributed by atoms with E-state index in [4.69, 9.17) is 14.2 Å². The molecule has 0 radical (unpaired) electrons. The third-order valence-corrected chi connectivity index (χ3v) is 9.28. The minimum atomic E-state index is -3.18. The SMILES string of the molecule is COC(=O)Oc1ccc(Oc2ccc(P(=O)(c3ccccc3)c3ccc(Oc4ccc(C)cc4)cc3)cc2)cc1. The summed E-state index contributed by atoms with van der Waals surface area (Å²) in [6.45, 7) is 2.03. The minimum Gasteiger partial charge on any atom is -0.457 e. The second-order valence-electron chi connectivity index (χ2n) is 8.98. The van der Waals surface area contributed by atoms with Gasteiger partial charge in [0.2, 0.25) is 0 Å². The largest absolute Gasteiger partial charge is 0.513 e. The van der Waals surface area contributed by atoms with Gasteiger partial charge in [0, 0.05) is 15.9 Å². The van der Waals surface area contributed by atoms with Crippen molar-refractivity contribution >= 4 is 29.2 Å². The fourth-order valence-corrected chi connectivity index (χ4v) is 6.75. The molecule has 0 bridgehead atoms. The molecular formula is C33H27O6P. The zero-order valence-corrected chi connectivity index (χ0v) is 22.9. The molecular weight excluding hydrogens is 523 g/mol. The van der Waals surface area contributed by atoms with Crippen molar-refractivity contribution < 1.29 is 28.3 Å². The average Bonchev–Trinajstić information content (AvgIpc) is 3.00. The molecule has 6 nitrogen and oxygen atoms in total. The van der Waals surface area contributed by atoms with Crippen LogP contribution >= 0.6 is 7.14 Å². The third-order valence-electron chi connectivity index (χ3n) is 6.20. The monoisotopic (exact) mass is 550 g/mol. The lowest BCUT2D eigenvalue weighted by Gasteiger charge is -2.20. The zero-order valence-electron chi connectivity index (χ0n) is 22.0. The Kier molecular flexibility index (Phi) is 7.99. The van der Waals surface area contributed by atoms with Crippen LogP contribution in [0.25, 0.3) is 0 Å². The van der Waals surface area contributed by atoms with Crippen molar-refractivity contribution in [3.8, 4) is 28.7 Å². The molecule has 0 aliphatic carbocycles. The van der Waals surface area contributed by atoms with Gasteiger partial charge >= 0.3 is 6.16 Å². The van der Waals surface area contributed by atoms with E-state index in [9.17, 15) is 9.36 Å². The van der Waals surface area contributed by atoms with Crippen molar-refractivity contribution in [2.75, 3.05) is 7.11 Å². The highest BCUT2D eigenvalue weighted by atomic mass is 31.2. The van der Waals surface area contributed by atoms with Crippen molar-refractivity contribution in [1.29, 1.82) is 0 Å². The average molecular weight is 551 g/mol. The van der Waals surface area contributed by atoms with Gasteiger partial charge in [-0.1, -0.05) is 48.0 Å². The maximum Gasteiger partial charge on any atom is 0.513 e. The van der Waals surface area contributed by atoms with Gasteiger partial charge in [-0.3, -0.25) is 0 Å². The van der Waals surface area contributed by atoms with Gasteiger partial charge in [0.1, 0.15) is 28.7 Å². The molecule has 0 aromatic heterocycles. The normalized spacial score (nSPS) is 12.2. The van der Waals surface area contributed by atoms with Gasteiger partial charge in [-0.05, 0) is 91.9 Å². The van der Waals surface area contributed by atoms with Crippen LogP contribution in [0, 0.1) is 6.92 Å². The van der Waals surface area contributed by atoms with E-state index in [1.165, 1.54) is 7.11 Å². The molecule has 0 saturated heterocycles. The third kappa shape index (κ3) is 6.09. The number of ether oxygens (including phenoxy) is 4. The smallest absolute Gasteiger partial charge is 0.457 e. The van der Waals surface area contributed by atoms with Crippen molar-refractivity contribution in [2.24, 2.45) is 0 Å². The summed E-state index contributed by atoms with van der Waals surface area (Å²) in [6, 6.07) is 38.5. The number of rotatable bonds is 8. The molecule has 0 aliphatic heterocycles. The first-order valence-electron chi connectivity index (χ1n) is 12.6. The molecule has 5 rings (SSSR count). The molecule has 7 heteroatoms. The van der Waals surface area contributed by atoms with E-state index < -0.39 is 13.3 Å². The summed E-state index contributed by atoms with van der Waals surface area (Å²) in [7, 11) is -1.94. The van der Waals surface area contributed by atoms with Gasteiger partial charge in [0.15, 0.2) is 7.14 Å². The highest BCUT2D eigenvalue weighted by Crippen LogP contribution is 2.43. The molecule has 0 fully saturated rings. The lowest BCUT2D eigenvalue weighted by molar-refractivity contribution is 0.121. The first kappa shape index (κ1) is 26.8. The van der Waals surface area contributed by atoms with E-state index in [1.807, 2.05) is 97.9 Å². The van der Waals surface area contributed by atoms with Crippen LogP contribution in [0.3, 0.4) is 0 Å². The number of methoxy groups -OCH3 is 1. The van der Waals surface area contributed by atoms with Crippen molar-refractivity contribution in [2.45, 2.75) is 6.92 Å². The molecule has 0 N–H and O–H groups in total. The molecule has 5 aromatic carbocycles. The van der Waals surface area contributed by atoms with E-state index in [2.05, 4.69) is 4.74 Å². The summed E-state index contributed by atoms with van der Waals surface area (Å²) in [5.74, 6) is 2.88. The van der Waals surface area contributed by atoms with Crippen LogP contribution in [0.4, 0.5) is 4.79 Å². The standard InChI is InChI=1S/C33H27O6P/c1-24-8-10-25(11-9-24)37-27-16-20-31(21-17-27)40(35,30-6-4-3-5-7-30)32-22-18-28(19-23-32)38-26-12-14-29(15-13-26)39-33(34)36-2/h3-23H,1-2H3. The first-order valence-corrected chi connectivity index (χ1v) is 14.3. The predicted octanol–water partition coefficient (Wildman–Crippen LogP) is 7.36. The molecule has 0 spiro atoms. The Bertz CT molecular complexity index is 1610. The molecule has 0 saturated carbocycles. The molecule has 40 heavy (non-hydrogen) atoms. The van der Waals surface area contributed by atoms with Gasteiger partial charge in [-0.2, -0.15) is 0 Å². The number of hydrogen-bond acceptors (Lipinski definition) is 6. The number of carbonyl (C=O) groups excluding carboxylic acids is 1. The van der Waals surface area contributed by atoms with Crippen LogP contribution in [0.5, 0.6) is 28.7 Å². The fraction of sp³-hybridized carbons (Fsp3) is 0.0606. The quantitative estimate of drug-likeness (QED) is 0.114. The Hall–Kier alpha value is -4.80. The zero-order chi connectivity index (χ0) is 28.0. The first-order chi connectivity index (χ1) is 19.4. The summed E-state index contributed by atoms with van der Waals surface area (Å²) >= 11 is 0. The molecule has 1 atom stereocenters. The topological polar surface area (TPSA) is 71.1 Å². The van der Waals surface area contributed by atoms with Gasteiger partial charge in [0.25, 0.3) is 0 Å². The Morgan fingerprint density at radius 3 is 1.35 bits per heavy atom. The molecule has 0 heterocycles.